The molecule has 0 unspecified atom stereocenters. The molecule has 3 heterocycles. The molecule has 0 radical (unpaired) electrons. The summed E-state index contributed by atoms with van der Waals surface area (Å²) >= 11 is 0. The summed E-state index contributed by atoms with van der Waals surface area (Å²) in [4.78, 5) is 13.9. The highest BCUT2D eigenvalue weighted by Gasteiger charge is 2.34. The predicted molar refractivity (Wildman–Crippen MR) is 88.1 cm³/mol. The lowest BCUT2D eigenvalue weighted by molar-refractivity contribution is 0.376. The molecule has 2 fully saturated rings. The number of halogens is 1. The van der Waals surface area contributed by atoms with Gasteiger partial charge in [0.05, 0.1) is 5.69 Å². The van der Waals surface area contributed by atoms with Crippen molar-refractivity contribution in [2.75, 3.05) is 31.1 Å². The molecule has 2 aromatic heterocycles. The number of hydrogen-bond donors (Lipinski definition) is 0. The minimum atomic E-state index is -3.64. The van der Waals surface area contributed by atoms with Crippen molar-refractivity contribution in [3.8, 4) is 0 Å². The van der Waals surface area contributed by atoms with Gasteiger partial charge in [-0.15, -0.1) is 0 Å². The van der Waals surface area contributed by atoms with Crippen molar-refractivity contribution in [1.29, 1.82) is 0 Å². The number of aromatic nitrogens is 4. The second-order valence-electron chi connectivity index (χ2n) is 6.38. The highest BCUT2D eigenvalue weighted by Crippen LogP contribution is 2.41. The number of sulfonamides is 1. The highest BCUT2D eigenvalue weighted by atomic mass is 32.2. The molecule has 0 bridgehead atoms. The average molecular weight is 366 g/mol. The van der Waals surface area contributed by atoms with Gasteiger partial charge in [0.2, 0.25) is 5.16 Å². The van der Waals surface area contributed by atoms with Crippen LogP contribution in [0, 0.1) is 5.82 Å². The van der Waals surface area contributed by atoms with E-state index >= 15 is 0 Å². The zero-order chi connectivity index (χ0) is 17.6. The molecule has 2 aliphatic rings. The van der Waals surface area contributed by atoms with Crippen LogP contribution >= 0.6 is 0 Å². The standard InChI is InChI=1S/C15H19FN6O2S/c1-20-5-4-17-15(20)25(23,24)22-8-6-21(7-9-22)14-12(16)13(11-2-3-11)18-10-19-14/h4-5,10-11H,2-3,6-9H2,1H3. The van der Waals surface area contributed by atoms with Crippen LogP contribution in [0.4, 0.5) is 10.2 Å². The molecule has 0 N–H and O–H groups in total. The van der Waals surface area contributed by atoms with Crippen LogP contribution in [-0.4, -0.2) is 58.4 Å². The van der Waals surface area contributed by atoms with Gasteiger partial charge in [-0.05, 0) is 12.8 Å². The molecule has 0 amide bonds. The molecule has 1 saturated carbocycles. The molecule has 2 aromatic rings. The van der Waals surface area contributed by atoms with Crippen LogP contribution in [0.15, 0.2) is 23.9 Å². The van der Waals surface area contributed by atoms with E-state index in [1.165, 1.54) is 21.4 Å². The van der Waals surface area contributed by atoms with E-state index in [0.717, 1.165) is 12.8 Å². The summed E-state index contributed by atoms with van der Waals surface area (Å²) in [7, 11) is -2.00. The molecule has 25 heavy (non-hydrogen) atoms. The quantitative estimate of drug-likeness (QED) is 0.793. The van der Waals surface area contributed by atoms with E-state index in [9.17, 15) is 12.8 Å². The van der Waals surface area contributed by atoms with E-state index in [-0.39, 0.29) is 35.8 Å². The summed E-state index contributed by atoms with van der Waals surface area (Å²) in [5.74, 6) is 0.100. The zero-order valence-corrected chi connectivity index (χ0v) is 14.7. The normalized spacial score (nSPS) is 19.4. The second-order valence-corrected chi connectivity index (χ2v) is 8.21. The van der Waals surface area contributed by atoms with Crippen LogP contribution in [0.25, 0.3) is 0 Å². The van der Waals surface area contributed by atoms with Crippen LogP contribution in [0.3, 0.4) is 0 Å². The average Bonchev–Trinajstić information content (AvgIpc) is 3.35. The van der Waals surface area contributed by atoms with Gasteiger partial charge in [-0.1, -0.05) is 0 Å². The van der Waals surface area contributed by atoms with Gasteiger partial charge in [0.25, 0.3) is 10.0 Å². The van der Waals surface area contributed by atoms with Gasteiger partial charge in [-0.3, -0.25) is 0 Å². The van der Waals surface area contributed by atoms with Crippen molar-refractivity contribution < 1.29 is 12.8 Å². The number of anilines is 1. The summed E-state index contributed by atoms with van der Waals surface area (Å²) in [5.41, 5.74) is 0.480. The second kappa shape index (κ2) is 6.03. The molecule has 1 aliphatic carbocycles. The Balaban J connectivity index is 1.51. The van der Waals surface area contributed by atoms with E-state index < -0.39 is 10.0 Å². The lowest BCUT2D eigenvalue weighted by Crippen LogP contribution is -2.49. The number of nitrogens with zero attached hydrogens (tertiary/aromatic N) is 6. The largest absolute Gasteiger partial charge is 0.351 e. The molecule has 1 aliphatic heterocycles. The first kappa shape index (κ1) is 16.4. The molecule has 4 rings (SSSR count). The molecule has 10 heteroatoms. The fraction of sp³-hybridized carbons (Fsp3) is 0.533. The van der Waals surface area contributed by atoms with E-state index in [1.807, 2.05) is 0 Å². The Morgan fingerprint density at radius 3 is 2.44 bits per heavy atom. The number of piperazine rings is 1. The maximum absolute atomic E-state index is 14.6. The fourth-order valence-electron chi connectivity index (χ4n) is 3.09. The first-order chi connectivity index (χ1) is 12.0. The first-order valence-electron chi connectivity index (χ1n) is 8.21. The van der Waals surface area contributed by atoms with Crippen molar-refractivity contribution >= 4 is 15.8 Å². The Bertz CT molecular complexity index is 887. The van der Waals surface area contributed by atoms with Crippen LogP contribution in [0.2, 0.25) is 0 Å². The Labute approximate surface area is 145 Å². The van der Waals surface area contributed by atoms with E-state index in [1.54, 1.807) is 18.1 Å². The van der Waals surface area contributed by atoms with Gasteiger partial charge < -0.3 is 9.47 Å². The summed E-state index contributed by atoms with van der Waals surface area (Å²) in [6.45, 7) is 1.28. The molecule has 134 valence electrons. The van der Waals surface area contributed by atoms with Crippen LogP contribution < -0.4 is 4.90 Å². The molecule has 0 spiro atoms. The zero-order valence-electron chi connectivity index (χ0n) is 13.8. The van der Waals surface area contributed by atoms with Crippen molar-refractivity contribution in [1.82, 2.24) is 23.8 Å². The topological polar surface area (TPSA) is 84.2 Å². The fourth-order valence-corrected chi connectivity index (χ4v) is 4.59. The Morgan fingerprint density at radius 1 is 1.12 bits per heavy atom. The molecular formula is C15H19FN6O2S. The van der Waals surface area contributed by atoms with Gasteiger partial charge in [0, 0.05) is 51.5 Å². The molecule has 0 atom stereocenters. The van der Waals surface area contributed by atoms with Crippen molar-refractivity contribution in [3.63, 3.8) is 0 Å². The Kier molecular flexibility index (Phi) is 3.95. The van der Waals surface area contributed by atoms with Gasteiger partial charge in [-0.2, -0.15) is 4.31 Å². The molecule has 1 saturated heterocycles. The smallest absolute Gasteiger partial charge is 0.277 e. The third kappa shape index (κ3) is 2.89. The third-order valence-electron chi connectivity index (χ3n) is 4.65. The lowest BCUT2D eigenvalue weighted by Gasteiger charge is -2.34. The van der Waals surface area contributed by atoms with Crippen molar-refractivity contribution in [2.45, 2.75) is 23.9 Å². The summed E-state index contributed by atoms with van der Waals surface area (Å²) < 4.78 is 42.8. The van der Waals surface area contributed by atoms with E-state index in [0.29, 0.717) is 18.8 Å². The lowest BCUT2D eigenvalue weighted by atomic mass is 10.2. The molecule has 8 nitrogen and oxygen atoms in total. The highest BCUT2D eigenvalue weighted by molar-refractivity contribution is 7.89. The van der Waals surface area contributed by atoms with Crippen LogP contribution in [0.1, 0.15) is 24.5 Å². The van der Waals surface area contributed by atoms with E-state index in [4.69, 9.17) is 0 Å². The van der Waals surface area contributed by atoms with E-state index in [2.05, 4.69) is 15.0 Å². The maximum atomic E-state index is 14.6. The van der Waals surface area contributed by atoms with Crippen LogP contribution in [-0.2, 0) is 17.1 Å². The number of rotatable bonds is 4. The monoisotopic (exact) mass is 366 g/mol. The third-order valence-corrected chi connectivity index (χ3v) is 6.55. The predicted octanol–water partition coefficient (Wildman–Crippen LogP) is 0.737. The summed E-state index contributed by atoms with van der Waals surface area (Å²) in [6, 6.07) is 0. The number of imidazole rings is 1. The maximum Gasteiger partial charge on any atom is 0.277 e. The molecular weight excluding hydrogens is 347 g/mol. The minimum absolute atomic E-state index is 0.0187. The number of hydrogen-bond acceptors (Lipinski definition) is 6. The Hall–Kier alpha value is -2.07. The number of aryl methyl sites for hydroxylation is 1. The summed E-state index contributed by atoms with van der Waals surface area (Å²) in [6.07, 6.45) is 6.37. The van der Waals surface area contributed by atoms with Crippen LogP contribution in [0.5, 0.6) is 0 Å². The molecule has 0 aromatic carbocycles. The van der Waals surface area contributed by atoms with Crippen molar-refractivity contribution in [2.24, 2.45) is 7.05 Å². The minimum Gasteiger partial charge on any atom is -0.351 e. The van der Waals surface area contributed by atoms with Gasteiger partial charge in [-0.25, -0.2) is 27.8 Å². The summed E-state index contributed by atoms with van der Waals surface area (Å²) in [5, 5.41) is 0.0187. The first-order valence-corrected chi connectivity index (χ1v) is 9.65. The van der Waals surface area contributed by atoms with Gasteiger partial charge in [0.1, 0.15) is 6.33 Å². The van der Waals surface area contributed by atoms with Gasteiger partial charge >= 0.3 is 0 Å². The SMILES string of the molecule is Cn1ccnc1S(=O)(=O)N1CCN(c2ncnc(C3CC3)c2F)CC1. The Morgan fingerprint density at radius 2 is 1.84 bits per heavy atom. The van der Waals surface area contributed by atoms with Gasteiger partial charge in [0.15, 0.2) is 11.6 Å². The van der Waals surface area contributed by atoms with Crippen molar-refractivity contribution in [3.05, 3.63) is 30.2 Å².